The lowest BCUT2D eigenvalue weighted by Gasteiger charge is -2.24. The van der Waals surface area contributed by atoms with E-state index in [2.05, 4.69) is 10.6 Å². The molecule has 1 aromatic carbocycles. The Morgan fingerprint density at radius 1 is 1.18 bits per heavy atom. The number of carbonyl (C=O) groups excluding carboxylic acids is 1. The van der Waals surface area contributed by atoms with Crippen LogP contribution in [0.5, 0.6) is 11.5 Å². The van der Waals surface area contributed by atoms with Crippen molar-refractivity contribution >= 4 is 11.6 Å². The number of carbonyl (C=O) groups is 1. The molecule has 5 heteroatoms. The minimum atomic E-state index is -0.0822. The first-order chi connectivity index (χ1) is 10.7. The Morgan fingerprint density at radius 2 is 1.95 bits per heavy atom. The first-order valence-electron chi connectivity index (χ1n) is 8.00. The number of benzene rings is 1. The number of amides is 1. The number of anilines is 1. The van der Waals surface area contributed by atoms with Crippen molar-refractivity contribution in [3.05, 3.63) is 18.2 Å². The highest BCUT2D eigenvalue weighted by molar-refractivity contribution is 5.95. The number of fused-ring (bicyclic) bond motifs is 1. The van der Waals surface area contributed by atoms with Crippen molar-refractivity contribution in [2.45, 2.75) is 44.2 Å². The van der Waals surface area contributed by atoms with Crippen molar-refractivity contribution in [1.29, 1.82) is 0 Å². The van der Waals surface area contributed by atoms with Crippen LogP contribution in [0.4, 0.5) is 5.69 Å². The van der Waals surface area contributed by atoms with E-state index in [1.54, 1.807) is 26.4 Å². The lowest BCUT2D eigenvalue weighted by molar-refractivity contribution is -0.117. The molecule has 2 fully saturated rings. The second-order valence-electron chi connectivity index (χ2n) is 6.16. The summed E-state index contributed by atoms with van der Waals surface area (Å²) in [5.74, 6) is 1.98. The Hall–Kier alpha value is -1.75. The van der Waals surface area contributed by atoms with E-state index in [-0.39, 0.29) is 11.9 Å². The van der Waals surface area contributed by atoms with Crippen molar-refractivity contribution in [3.8, 4) is 11.5 Å². The highest BCUT2D eigenvalue weighted by Gasteiger charge is 2.38. The van der Waals surface area contributed by atoms with Crippen LogP contribution in [-0.4, -0.2) is 32.2 Å². The molecular weight excluding hydrogens is 280 g/mol. The van der Waals surface area contributed by atoms with E-state index in [1.165, 1.54) is 25.7 Å². The summed E-state index contributed by atoms with van der Waals surface area (Å²) in [6, 6.07) is 5.87. The zero-order chi connectivity index (χ0) is 15.5. The van der Waals surface area contributed by atoms with Gasteiger partial charge >= 0.3 is 0 Å². The molecule has 0 aromatic heterocycles. The van der Waals surface area contributed by atoms with Gasteiger partial charge in [-0.25, -0.2) is 0 Å². The summed E-state index contributed by atoms with van der Waals surface area (Å²) in [6.07, 6.45) is 5.97. The smallest absolute Gasteiger partial charge is 0.241 e. The number of methoxy groups -OCH3 is 2. The van der Waals surface area contributed by atoms with E-state index in [0.29, 0.717) is 23.5 Å². The fourth-order valence-electron chi connectivity index (χ4n) is 3.66. The number of nitrogens with one attached hydrogen (secondary N) is 2. The maximum absolute atomic E-state index is 12.5. The largest absolute Gasteiger partial charge is 0.493 e. The van der Waals surface area contributed by atoms with Gasteiger partial charge < -0.3 is 20.1 Å². The van der Waals surface area contributed by atoms with Gasteiger partial charge in [0.15, 0.2) is 11.5 Å². The highest BCUT2D eigenvalue weighted by Crippen LogP contribution is 2.34. The van der Waals surface area contributed by atoms with Gasteiger partial charge in [-0.05, 0) is 37.3 Å². The van der Waals surface area contributed by atoms with Crippen molar-refractivity contribution in [2.24, 2.45) is 5.92 Å². The summed E-state index contributed by atoms with van der Waals surface area (Å²) in [4.78, 5) is 12.5. The molecule has 1 aromatic rings. The fourth-order valence-corrected chi connectivity index (χ4v) is 3.66. The summed E-state index contributed by atoms with van der Waals surface area (Å²) in [6.45, 7) is 0. The zero-order valence-electron chi connectivity index (χ0n) is 13.2. The van der Waals surface area contributed by atoms with Gasteiger partial charge in [-0.3, -0.25) is 4.79 Å². The molecule has 120 valence electrons. The monoisotopic (exact) mass is 304 g/mol. The molecule has 22 heavy (non-hydrogen) atoms. The van der Waals surface area contributed by atoms with Gasteiger partial charge in [-0.15, -0.1) is 0 Å². The van der Waals surface area contributed by atoms with Crippen LogP contribution in [0, 0.1) is 5.92 Å². The molecule has 5 nitrogen and oxygen atoms in total. The molecular formula is C17H24N2O3. The zero-order valence-corrected chi connectivity index (χ0v) is 13.2. The third kappa shape index (κ3) is 3.04. The van der Waals surface area contributed by atoms with Crippen LogP contribution in [0.25, 0.3) is 0 Å². The summed E-state index contributed by atoms with van der Waals surface area (Å²) in [7, 11) is 3.19. The molecule has 3 atom stereocenters. The Balaban J connectivity index is 1.64. The second-order valence-corrected chi connectivity index (χ2v) is 6.16. The Morgan fingerprint density at radius 3 is 2.68 bits per heavy atom. The Bertz CT molecular complexity index is 533. The second kappa shape index (κ2) is 6.57. The molecule has 1 saturated heterocycles. The van der Waals surface area contributed by atoms with Crippen molar-refractivity contribution in [2.75, 3.05) is 19.5 Å². The van der Waals surface area contributed by atoms with Crippen LogP contribution in [0.1, 0.15) is 32.1 Å². The van der Waals surface area contributed by atoms with E-state index < -0.39 is 0 Å². The predicted molar refractivity (Wildman–Crippen MR) is 85.5 cm³/mol. The first kappa shape index (κ1) is 15.2. The summed E-state index contributed by atoms with van der Waals surface area (Å²) >= 11 is 0. The van der Waals surface area contributed by atoms with Gasteiger partial charge in [0, 0.05) is 17.8 Å². The highest BCUT2D eigenvalue weighted by atomic mass is 16.5. The van der Waals surface area contributed by atoms with Crippen LogP contribution < -0.4 is 20.1 Å². The Labute approximate surface area is 131 Å². The molecule has 1 aliphatic heterocycles. The number of hydrogen-bond acceptors (Lipinski definition) is 4. The molecule has 2 N–H and O–H groups in total. The summed E-state index contributed by atoms with van der Waals surface area (Å²) < 4.78 is 10.5. The SMILES string of the molecule is COc1ccc(NC(=O)C2CC3CCCCC3N2)cc1OC. The average Bonchev–Trinajstić information content (AvgIpc) is 2.99. The quantitative estimate of drug-likeness (QED) is 0.897. The minimum Gasteiger partial charge on any atom is -0.493 e. The summed E-state index contributed by atoms with van der Waals surface area (Å²) in [5.41, 5.74) is 0.735. The van der Waals surface area contributed by atoms with Crippen LogP contribution in [0.15, 0.2) is 18.2 Å². The molecule has 3 unspecified atom stereocenters. The average molecular weight is 304 g/mol. The van der Waals surface area contributed by atoms with Crippen molar-refractivity contribution < 1.29 is 14.3 Å². The van der Waals surface area contributed by atoms with Gasteiger partial charge in [-0.2, -0.15) is 0 Å². The van der Waals surface area contributed by atoms with Gasteiger partial charge in [0.25, 0.3) is 0 Å². The lowest BCUT2D eigenvalue weighted by Crippen LogP contribution is -2.39. The molecule has 1 heterocycles. The molecule has 0 bridgehead atoms. The van der Waals surface area contributed by atoms with Gasteiger partial charge in [0.05, 0.1) is 20.3 Å². The predicted octanol–water partition coefficient (Wildman–Crippen LogP) is 2.56. The molecule has 0 radical (unpaired) electrons. The van der Waals surface area contributed by atoms with Crippen LogP contribution in [-0.2, 0) is 4.79 Å². The maximum atomic E-state index is 12.5. The molecule has 1 amide bonds. The van der Waals surface area contributed by atoms with E-state index in [4.69, 9.17) is 9.47 Å². The third-order valence-corrected chi connectivity index (χ3v) is 4.83. The molecule has 1 aliphatic carbocycles. The molecule has 3 rings (SSSR count). The van der Waals surface area contributed by atoms with Crippen LogP contribution >= 0.6 is 0 Å². The number of rotatable bonds is 4. The van der Waals surface area contributed by atoms with Gasteiger partial charge in [0.1, 0.15) is 0 Å². The van der Waals surface area contributed by atoms with E-state index in [0.717, 1.165) is 12.1 Å². The fraction of sp³-hybridized carbons (Fsp3) is 0.588. The number of hydrogen-bond donors (Lipinski definition) is 2. The third-order valence-electron chi connectivity index (χ3n) is 4.83. The van der Waals surface area contributed by atoms with Crippen molar-refractivity contribution in [3.63, 3.8) is 0 Å². The Kier molecular flexibility index (Phi) is 4.52. The van der Waals surface area contributed by atoms with E-state index >= 15 is 0 Å². The maximum Gasteiger partial charge on any atom is 0.241 e. The lowest BCUT2D eigenvalue weighted by atomic mass is 9.85. The van der Waals surface area contributed by atoms with E-state index in [1.807, 2.05) is 6.07 Å². The standard InChI is InChI=1S/C17H24N2O3/c1-21-15-8-7-12(10-16(15)22-2)18-17(20)14-9-11-5-3-4-6-13(11)19-14/h7-8,10-11,13-14,19H,3-6,9H2,1-2H3,(H,18,20). The normalized spacial score (nSPS) is 27.1. The molecule has 0 spiro atoms. The number of ether oxygens (including phenoxy) is 2. The first-order valence-corrected chi connectivity index (χ1v) is 8.00. The molecule has 1 saturated carbocycles. The van der Waals surface area contributed by atoms with Crippen LogP contribution in [0.3, 0.4) is 0 Å². The van der Waals surface area contributed by atoms with E-state index in [9.17, 15) is 4.79 Å². The summed E-state index contributed by atoms with van der Waals surface area (Å²) in [5, 5.41) is 6.48. The molecule has 2 aliphatic rings. The van der Waals surface area contributed by atoms with Crippen molar-refractivity contribution in [1.82, 2.24) is 5.32 Å². The van der Waals surface area contributed by atoms with Gasteiger partial charge in [-0.1, -0.05) is 12.8 Å². The topological polar surface area (TPSA) is 59.6 Å². The van der Waals surface area contributed by atoms with Crippen LogP contribution in [0.2, 0.25) is 0 Å². The van der Waals surface area contributed by atoms with Gasteiger partial charge in [0.2, 0.25) is 5.91 Å². The minimum absolute atomic E-state index is 0.0432.